The molecular formula is C20H28O. The summed E-state index contributed by atoms with van der Waals surface area (Å²) in [5, 5.41) is 0. The summed E-state index contributed by atoms with van der Waals surface area (Å²) < 4.78 is 5.46. The van der Waals surface area contributed by atoms with Crippen LogP contribution in [0, 0.1) is 5.41 Å². The quantitative estimate of drug-likeness (QED) is 0.529. The smallest absolute Gasteiger partial charge is 0.119 e. The maximum Gasteiger partial charge on any atom is 0.119 e. The van der Waals surface area contributed by atoms with E-state index in [9.17, 15) is 0 Å². The minimum absolute atomic E-state index is 0.0323. The van der Waals surface area contributed by atoms with Crippen molar-refractivity contribution in [3.63, 3.8) is 0 Å². The van der Waals surface area contributed by atoms with Gasteiger partial charge in [-0.25, -0.2) is 0 Å². The molecule has 1 atom stereocenters. The predicted octanol–water partition coefficient (Wildman–Crippen LogP) is 6.04. The maximum atomic E-state index is 5.46. The summed E-state index contributed by atoms with van der Waals surface area (Å²) in [6.07, 6.45) is 10.9. The zero-order valence-corrected chi connectivity index (χ0v) is 13.9. The van der Waals surface area contributed by atoms with E-state index >= 15 is 0 Å². The van der Waals surface area contributed by atoms with Gasteiger partial charge < -0.3 is 4.74 Å². The minimum Gasteiger partial charge on any atom is -0.494 e. The number of ether oxygens (including phenoxy) is 1. The Labute approximate surface area is 130 Å². The lowest BCUT2D eigenvalue weighted by Crippen LogP contribution is -2.08. The van der Waals surface area contributed by atoms with Gasteiger partial charge >= 0.3 is 0 Å². The van der Waals surface area contributed by atoms with E-state index in [2.05, 4.69) is 57.7 Å². The maximum absolute atomic E-state index is 5.46. The van der Waals surface area contributed by atoms with Crippen LogP contribution in [0.1, 0.15) is 46.1 Å². The van der Waals surface area contributed by atoms with Crippen LogP contribution >= 0.6 is 0 Å². The van der Waals surface area contributed by atoms with Crippen LogP contribution in [-0.4, -0.2) is 6.61 Å². The van der Waals surface area contributed by atoms with Gasteiger partial charge in [0.1, 0.15) is 5.75 Å². The Morgan fingerprint density at radius 3 is 2.43 bits per heavy atom. The van der Waals surface area contributed by atoms with Gasteiger partial charge in [-0.05, 0) is 51.3 Å². The fraction of sp³-hybridized carbons (Fsp3) is 0.400. The van der Waals surface area contributed by atoms with Crippen LogP contribution in [0.5, 0.6) is 5.75 Å². The molecule has 0 N–H and O–H groups in total. The van der Waals surface area contributed by atoms with Gasteiger partial charge in [-0.3, -0.25) is 0 Å². The summed E-state index contributed by atoms with van der Waals surface area (Å²) in [5.74, 6) is 0.921. The summed E-state index contributed by atoms with van der Waals surface area (Å²) in [7, 11) is 0. The van der Waals surface area contributed by atoms with E-state index in [-0.39, 0.29) is 5.41 Å². The lowest BCUT2D eigenvalue weighted by molar-refractivity contribution is 0.340. The summed E-state index contributed by atoms with van der Waals surface area (Å²) in [4.78, 5) is 0. The first-order valence-electron chi connectivity index (χ1n) is 7.68. The molecule has 0 saturated carbocycles. The summed E-state index contributed by atoms with van der Waals surface area (Å²) >= 11 is 0. The second-order valence-electron chi connectivity index (χ2n) is 5.87. The van der Waals surface area contributed by atoms with Crippen molar-refractivity contribution < 1.29 is 4.74 Å². The van der Waals surface area contributed by atoms with Crippen molar-refractivity contribution in [2.45, 2.75) is 40.5 Å². The molecule has 0 aliphatic carbocycles. The van der Waals surface area contributed by atoms with Gasteiger partial charge in [0.25, 0.3) is 0 Å². The van der Waals surface area contributed by atoms with Crippen LogP contribution in [0.4, 0.5) is 0 Å². The van der Waals surface area contributed by atoms with Gasteiger partial charge in [0.05, 0.1) is 6.61 Å². The fourth-order valence-corrected chi connectivity index (χ4v) is 2.05. The fourth-order valence-electron chi connectivity index (χ4n) is 2.05. The number of rotatable bonds is 8. The summed E-state index contributed by atoms with van der Waals surface area (Å²) in [6.45, 7) is 13.2. The van der Waals surface area contributed by atoms with Crippen molar-refractivity contribution in [3.8, 4) is 5.75 Å². The Balaban J connectivity index is 2.70. The first-order chi connectivity index (χ1) is 9.99. The van der Waals surface area contributed by atoms with E-state index in [1.807, 2.05) is 25.1 Å². The molecule has 0 saturated heterocycles. The second-order valence-corrected chi connectivity index (χ2v) is 5.87. The Morgan fingerprint density at radius 2 is 1.90 bits per heavy atom. The van der Waals surface area contributed by atoms with Crippen molar-refractivity contribution in [1.82, 2.24) is 0 Å². The largest absolute Gasteiger partial charge is 0.494 e. The third-order valence-electron chi connectivity index (χ3n) is 3.55. The molecule has 1 rings (SSSR count). The lowest BCUT2D eigenvalue weighted by Gasteiger charge is -2.20. The van der Waals surface area contributed by atoms with Crippen LogP contribution in [0.3, 0.4) is 0 Å². The standard InChI is InChI=1S/C20H28O/c1-6-20(5,15-8-9-17(3)4)16-14-18-10-12-19(13-11-18)21-7-2/h6,9-14,16H,1,7-8,15H2,2-5H3/b16-14+. The van der Waals surface area contributed by atoms with Crippen LogP contribution in [0.2, 0.25) is 0 Å². The second kappa shape index (κ2) is 8.51. The van der Waals surface area contributed by atoms with Crippen molar-refractivity contribution >= 4 is 6.08 Å². The summed E-state index contributed by atoms with van der Waals surface area (Å²) in [6, 6.07) is 8.19. The first kappa shape index (κ1) is 17.3. The molecule has 1 aromatic carbocycles. The van der Waals surface area contributed by atoms with Crippen LogP contribution < -0.4 is 4.74 Å². The van der Waals surface area contributed by atoms with Crippen molar-refractivity contribution in [1.29, 1.82) is 0 Å². The lowest BCUT2D eigenvalue weighted by atomic mass is 9.84. The average molecular weight is 284 g/mol. The zero-order valence-electron chi connectivity index (χ0n) is 13.9. The van der Waals surface area contributed by atoms with Crippen LogP contribution in [0.25, 0.3) is 6.08 Å². The molecule has 0 aliphatic rings. The average Bonchev–Trinajstić information content (AvgIpc) is 2.46. The molecule has 0 fully saturated rings. The highest BCUT2D eigenvalue weighted by Crippen LogP contribution is 2.28. The topological polar surface area (TPSA) is 9.23 Å². The number of hydrogen-bond donors (Lipinski definition) is 0. The molecule has 0 bridgehead atoms. The number of allylic oxidation sites excluding steroid dienone is 4. The molecule has 1 nitrogen and oxygen atoms in total. The van der Waals surface area contributed by atoms with E-state index in [1.54, 1.807) is 0 Å². The summed E-state index contributed by atoms with van der Waals surface area (Å²) in [5.41, 5.74) is 2.59. The van der Waals surface area contributed by atoms with Crippen molar-refractivity contribution in [2.24, 2.45) is 5.41 Å². The molecule has 0 aliphatic heterocycles. The van der Waals surface area contributed by atoms with Crippen LogP contribution in [0.15, 0.2) is 54.6 Å². The number of benzene rings is 1. The third kappa shape index (κ3) is 6.48. The van der Waals surface area contributed by atoms with Gasteiger partial charge in [-0.1, -0.05) is 48.9 Å². The molecule has 21 heavy (non-hydrogen) atoms. The van der Waals surface area contributed by atoms with Crippen molar-refractivity contribution in [2.75, 3.05) is 6.61 Å². The molecule has 0 heterocycles. The molecule has 0 aromatic heterocycles. The highest BCUT2D eigenvalue weighted by atomic mass is 16.5. The number of hydrogen-bond acceptors (Lipinski definition) is 1. The zero-order chi connectivity index (χ0) is 15.7. The molecule has 0 radical (unpaired) electrons. The van der Waals surface area contributed by atoms with Gasteiger partial charge in [0.15, 0.2) is 0 Å². The molecule has 1 unspecified atom stereocenters. The highest BCUT2D eigenvalue weighted by Gasteiger charge is 2.14. The Kier molecular flexibility index (Phi) is 7.01. The van der Waals surface area contributed by atoms with Gasteiger partial charge in [0, 0.05) is 5.41 Å². The van der Waals surface area contributed by atoms with Gasteiger partial charge in [-0.2, -0.15) is 0 Å². The van der Waals surface area contributed by atoms with E-state index < -0.39 is 0 Å². The first-order valence-corrected chi connectivity index (χ1v) is 7.68. The van der Waals surface area contributed by atoms with E-state index in [0.29, 0.717) is 6.61 Å². The van der Waals surface area contributed by atoms with Crippen molar-refractivity contribution in [3.05, 3.63) is 60.2 Å². The monoisotopic (exact) mass is 284 g/mol. The van der Waals surface area contributed by atoms with Gasteiger partial charge in [-0.15, -0.1) is 6.58 Å². The predicted molar refractivity (Wildman–Crippen MR) is 93.6 cm³/mol. The van der Waals surface area contributed by atoms with E-state index in [4.69, 9.17) is 4.74 Å². The normalized spacial score (nSPS) is 13.7. The van der Waals surface area contributed by atoms with Gasteiger partial charge in [0.2, 0.25) is 0 Å². The SMILES string of the molecule is C=CC(C)(/C=C/c1ccc(OCC)cc1)CCC=C(C)C. The minimum atomic E-state index is 0.0323. The molecule has 114 valence electrons. The molecule has 1 aromatic rings. The van der Waals surface area contributed by atoms with E-state index in [0.717, 1.165) is 18.6 Å². The molecule has 1 heteroatoms. The Morgan fingerprint density at radius 1 is 1.24 bits per heavy atom. The Bertz CT molecular complexity index is 489. The van der Waals surface area contributed by atoms with Crippen LogP contribution in [-0.2, 0) is 0 Å². The molecular weight excluding hydrogens is 256 g/mol. The van der Waals surface area contributed by atoms with E-state index in [1.165, 1.54) is 11.1 Å². The molecule has 0 amide bonds. The molecule has 0 spiro atoms. The highest BCUT2D eigenvalue weighted by molar-refractivity contribution is 5.51. The Hall–Kier alpha value is -1.76. The third-order valence-corrected chi connectivity index (χ3v) is 3.55.